The third-order valence-corrected chi connectivity index (χ3v) is 4.42. The predicted octanol–water partition coefficient (Wildman–Crippen LogP) is 4.76. The number of amides is 1. The van der Waals surface area contributed by atoms with Crippen LogP contribution in [0.4, 0.5) is 0 Å². The van der Waals surface area contributed by atoms with Crippen molar-refractivity contribution < 1.29 is 9.53 Å². The highest BCUT2D eigenvalue weighted by Crippen LogP contribution is 2.23. The van der Waals surface area contributed by atoms with Gasteiger partial charge in [-0.1, -0.05) is 62.7 Å². The first kappa shape index (κ1) is 19.0. The van der Waals surface area contributed by atoms with E-state index < -0.39 is 0 Å². The molecule has 0 heterocycles. The van der Waals surface area contributed by atoms with E-state index in [-0.39, 0.29) is 18.6 Å². The van der Waals surface area contributed by atoms with E-state index in [2.05, 4.69) is 56.4 Å². The SMILES string of the molecule is CCc1ccc(C(NC(=O)COc2ccc(C)cc2C)C(C)C)cc1. The van der Waals surface area contributed by atoms with Gasteiger partial charge in [0.25, 0.3) is 5.91 Å². The van der Waals surface area contributed by atoms with Crippen LogP contribution in [0.2, 0.25) is 0 Å². The summed E-state index contributed by atoms with van der Waals surface area (Å²) in [6, 6.07) is 14.4. The van der Waals surface area contributed by atoms with Gasteiger partial charge in [-0.15, -0.1) is 0 Å². The normalized spacial score (nSPS) is 12.1. The predicted molar refractivity (Wildman–Crippen MR) is 103 cm³/mol. The molecule has 0 saturated carbocycles. The topological polar surface area (TPSA) is 38.3 Å². The molecule has 0 spiro atoms. The Balaban J connectivity index is 1.99. The molecular weight excluding hydrogens is 310 g/mol. The van der Waals surface area contributed by atoms with Crippen molar-refractivity contribution in [2.45, 2.75) is 47.1 Å². The molecule has 2 rings (SSSR count). The Morgan fingerprint density at radius 1 is 1.08 bits per heavy atom. The Labute approximate surface area is 151 Å². The van der Waals surface area contributed by atoms with Gasteiger partial charge in [0.1, 0.15) is 5.75 Å². The Bertz CT molecular complexity index is 704. The first-order valence-electron chi connectivity index (χ1n) is 8.99. The Morgan fingerprint density at radius 2 is 1.76 bits per heavy atom. The zero-order valence-electron chi connectivity index (χ0n) is 15.9. The van der Waals surface area contributed by atoms with Crippen molar-refractivity contribution in [2.24, 2.45) is 5.92 Å². The molecule has 0 aliphatic rings. The minimum Gasteiger partial charge on any atom is -0.484 e. The van der Waals surface area contributed by atoms with Crippen LogP contribution in [0.15, 0.2) is 42.5 Å². The highest BCUT2D eigenvalue weighted by molar-refractivity contribution is 5.78. The first-order valence-corrected chi connectivity index (χ1v) is 8.99. The molecular formula is C22H29NO2. The third kappa shape index (κ3) is 5.35. The van der Waals surface area contributed by atoms with Crippen LogP contribution in [0.25, 0.3) is 0 Å². The number of carbonyl (C=O) groups is 1. The van der Waals surface area contributed by atoms with Gasteiger partial charge in [0.2, 0.25) is 0 Å². The van der Waals surface area contributed by atoms with Crippen molar-refractivity contribution in [3.8, 4) is 5.75 Å². The highest BCUT2D eigenvalue weighted by Gasteiger charge is 2.18. The van der Waals surface area contributed by atoms with Crippen LogP contribution in [-0.2, 0) is 11.2 Å². The quantitative estimate of drug-likeness (QED) is 0.790. The summed E-state index contributed by atoms with van der Waals surface area (Å²) in [5, 5.41) is 3.11. The summed E-state index contributed by atoms with van der Waals surface area (Å²) in [7, 11) is 0. The molecule has 0 bridgehead atoms. The number of benzene rings is 2. The Hall–Kier alpha value is -2.29. The molecule has 134 valence electrons. The number of aryl methyl sites for hydroxylation is 3. The van der Waals surface area contributed by atoms with Crippen LogP contribution < -0.4 is 10.1 Å². The molecule has 0 radical (unpaired) electrons. The Morgan fingerprint density at radius 3 is 2.32 bits per heavy atom. The van der Waals surface area contributed by atoms with E-state index in [1.54, 1.807) is 0 Å². The summed E-state index contributed by atoms with van der Waals surface area (Å²) < 4.78 is 5.69. The van der Waals surface area contributed by atoms with E-state index in [4.69, 9.17) is 4.74 Å². The minimum atomic E-state index is -0.0988. The summed E-state index contributed by atoms with van der Waals surface area (Å²) in [5.41, 5.74) is 4.66. The lowest BCUT2D eigenvalue weighted by molar-refractivity contribution is -0.124. The molecule has 3 heteroatoms. The molecule has 2 aromatic rings. The molecule has 1 unspecified atom stereocenters. The zero-order valence-corrected chi connectivity index (χ0v) is 15.9. The van der Waals surface area contributed by atoms with Crippen molar-refractivity contribution in [2.75, 3.05) is 6.61 Å². The van der Waals surface area contributed by atoms with Crippen molar-refractivity contribution in [3.63, 3.8) is 0 Å². The summed E-state index contributed by atoms with van der Waals surface area (Å²) in [6.07, 6.45) is 1.02. The second kappa shape index (κ2) is 8.70. The van der Waals surface area contributed by atoms with Crippen LogP contribution in [0, 0.1) is 19.8 Å². The molecule has 1 N–H and O–H groups in total. The van der Waals surface area contributed by atoms with Crippen LogP contribution in [0.3, 0.4) is 0 Å². The van der Waals surface area contributed by atoms with E-state index in [1.807, 2.05) is 26.0 Å². The van der Waals surface area contributed by atoms with Gasteiger partial charge in [0.05, 0.1) is 6.04 Å². The summed E-state index contributed by atoms with van der Waals surface area (Å²) in [4.78, 5) is 12.4. The molecule has 0 aliphatic heterocycles. The van der Waals surface area contributed by atoms with Gasteiger partial charge >= 0.3 is 0 Å². The molecule has 25 heavy (non-hydrogen) atoms. The number of nitrogens with one attached hydrogen (secondary N) is 1. The lowest BCUT2D eigenvalue weighted by Gasteiger charge is -2.23. The summed E-state index contributed by atoms with van der Waals surface area (Å²) in [6.45, 7) is 10.4. The number of hydrogen-bond donors (Lipinski definition) is 1. The van der Waals surface area contributed by atoms with E-state index in [9.17, 15) is 4.79 Å². The number of rotatable bonds is 7. The van der Waals surface area contributed by atoms with E-state index in [0.717, 1.165) is 23.3 Å². The molecule has 0 fully saturated rings. The molecule has 1 amide bonds. The number of ether oxygens (including phenoxy) is 1. The average molecular weight is 339 g/mol. The molecule has 1 atom stereocenters. The van der Waals surface area contributed by atoms with Gasteiger partial charge in [-0.25, -0.2) is 0 Å². The van der Waals surface area contributed by atoms with Crippen LogP contribution >= 0.6 is 0 Å². The summed E-state index contributed by atoms with van der Waals surface area (Å²) >= 11 is 0. The first-order chi connectivity index (χ1) is 11.9. The molecule has 0 aromatic heterocycles. The molecule has 0 aliphatic carbocycles. The van der Waals surface area contributed by atoms with Gasteiger partial charge < -0.3 is 10.1 Å². The van der Waals surface area contributed by atoms with Gasteiger partial charge in [-0.05, 0) is 48.9 Å². The minimum absolute atomic E-state index is 0.0129. The zero-order chi connectivity index (χ0) is 18.4. The fourth-order valence-electron chi connectivity index (χ4n) is 2.92. The second-order valence-corrected chi connectivity index (χ2v) is 6.94. The lowest BCUT2D eigenvalue weighted by Crippen LogP contribution is -2.35. The van der Waals surface area contributed by atoms with Crippen LogP contribution in [0.5, 0.6) is 5.75 Å². The lowest BCUT2D eigenvalue weighted by atomic mass is 9.95. The molecule has 2 aromatic carbocycles. The van der Waals surface area contributed by atoms with Crippen molar-refractivity contribution in [1.29, 1.82) is 0 Å². The maximum Gasteiger partial charge on any atom is 0.258 e. The fraction of sp³-hybridized carbons (Fsp3) is 0.409. The number of hydrogen-bond acceptors (Lipinski definition) is 2. The third-order valence-electron chi connectivity index (χ3n) is 4.42. The largest absolute Gasteiger partial charge is 0.484 e. The van der Waals surface area contributed by atoms with Gasteiger partial charge in [0, 0.05) is 0 Å². The standard InChI is InChI=1S/C22H29NO2/c1-6-18-8-10-19(11-9-18)22(15(2)3)23-21(24)14-25-20-12-7-16(4)13-17(20)5/h7-13,15,22H,6,14H2,1-5H3,(H,23,24). The highest BCUT2D eigenvalue weighted by atomic mass is 16.5. The van der Waals surface area contributed by atoms with Gasteiger partial charge in [-0.3, -0.25) is 4.79 Å². The maximum atomic E-state index is 12.4. The van der Waals surface area contributed by atoms with Crippen LogP contribution in [-0.4, -0.2) is 12.5 Å². The molecule has 0 saturated heterocycles. The van der Waals surface area contributed by atoms with E-state index in [1.165, 1.54) is 11.1 Å². The number of carbonyl (C=O) groups excluding carboxylic acids is 1. The average Bonchev–Trinajstić information content (AvgIpc) is 2.59. The monoisotopic (exact) mass is 339 g/mol. The molecule has 3 nitrogen and oxygen atoms in total. The second-order valence-electron chi connectivity index (χ2n) is 6.94. The summed E-state index contributed by atoms with van der Waals surface area (Å²) in [5.74, 6) is 0.963. The van der Waals surface area contributed by atoms with Gasteiger partial charge in [0.15, 0.2) is 6.61 Å². The van der Waals surface area contributed by atoms with E-state index >= 15 is 0 Å². The van der Waals surface area contributed by atoms with Gasteiger partial charge in [-0.2, -0.15) is 0 Å². The van der Waals surface area contributed by atoms with Crippen molar-refractivity contribution in [1.82, 2.24) is 5.32 Å². The van der Waals surface area contributed by atoms with Crippen molar-refractivity contribution >= 4 is 5.91 Å². The van der Waals surface area contributed by atoms with E-state index in [0.29, 0.717) is 5.92 Å². The Kier molecular flexibility index (Phi) is 6.63. The fourth-order valence-corrected chi connectivity index (χ4v) is 2.92. The maximum absolute atomic E-state index is 12.4. The van der Waals surface area contributed by atoms with Crippen molar-refractivity contribution in [3.05, 3.63) is 64.7 Å². The van der Waals surface area contributed by atoms with Crippen LogP contribution in [0.1, 0.15) is 49.1 Å². The smallest absolute Gasteiger partial charge is 0.258 e.